The summed E-state index contributed by atoms with van der Waals surface area (Å²) >= 11 is 0. The fourth-order valence-electron chi connectivity index (χ4n) is 3.02. The largest absolute Gasteiger partial charge is 0.376 e. The van der Waals surface area contributed by atoms with E-state index in [-0.39, 0.29) is 17.9 Å². The van der Waals surface area contributed by atoms with Gasteiger partial charge in [0.05, 0.1) is 12.1 Å². The average molecular weight is 323 g/mol. The van der Waals surface area contributed by atoms with Crippen molar-refractivity contribution in [3.8, 4) is 0 Å². The molecule has 0 spiro atoms. The smallest absolute Gasteiger partial charge is 0.246 e. The molecule has 1 saturated carbocycles. The number of nitrogens with zero attached hydrogens (tertiary/aromatic N) is 2. The predicted molar refractivity (Wildman–Crippen MR) is 89.1 cm³/mol. The van der Waals surface area contributed by atoms with Gasteiger partial charge in [-0.2, -0.15) is 4.98 Å². The van der Waals surface area contributed by atoms with Crippen molar-refractivity contribution in [3.63, 3.8) is 0 Å². The van der Waals surface area contributed by atoms with Gasteiger partial charge in [0, 0.05) is 5.69 Å². The number of hydrogen-bond acceptors (Lipinski definition) is 5. The maximum atomic E-state index is 6.34. The van der Waals surface area contributed by atoms with Gasteiger partial charge in [-0.05, 0) is 37.8 Å². The molecule has 0 atom stereocenters. The van der Waals surface area contributed by atoms with Gasteiger partial charge >= 0.3 is 0 Å². The van der Waals surface area contributed by atoms with E-state index in [1.54, 1.807) is 0 Å². The van der Waals surface area contributed by atoms with E-state index in [9.17, 15) is 0 Å². The van der Waals surface area contributed by atoms with Crippen molar-refractivity contribution >= 4 is 18.1 Å². The van der Waals surface area contributed by atoms with Crippen molar-refractivity contribution in [2.75, 3.05) is 5.32 Å². The first-order valence-electron chi connectivity index (χ1n) is 7.50. The second kappa shape index (κ2) is 6.67. The van der Waals surface area contributed by atoms with Crippen LogP contribution in [0.15, 0.2) is 22.7 Å². The fourth-order valence-corrected chi connectivity index (χ4v) is 3.02. The van der Waals surface area contributed by atoms with Gasteiger partial charge in [-0.1, -0.05) is 36.2 Å². The number of nitrogens with one attached hydrogen (secondary N) is 1. The van der Waals surface area contributed by atoms with Crippen molar-refractivity contribution in [3.05, 3.63) is 41.0 Å². The normalized spacial score (nSPS) is 16.3. The molecule has 3 N–H and O–H groups in total. The summed E-state index contributed by atoms with van der Waals surface area (Å²) < 4.78 is 5.34. The molecule has 0 saturated heterocycles. The fraction of sp³-hybridized carbons (Fsp3) is 0.500. The van der Waals surface area contributed by atoms with Crippen molar-refractivity contribution in [2.45, 2.75) is 51.6 Å². The molecule has 22 heavy (non-hydrogen) atoms. The number of halogens is 1. The number of anilines is 1. The van der Waals surface area contributed by atoms with Crippen molar-refractivity contribution in [1.29, 1.82) is 0 Å². The first-order valence-corrected chi connectivity index (χ1v) is 7.50. The van der Waals surface area contributed by atoms with Gasteiger partial charge in [0.25, 0.3) is 0 Å². The molecule has 2 aromatic rings. The van der Waals surface area contributed by atoms with Gasteiger partial charge in [-0.25, -0.2) is 0 Å². The van der Waals surface area contributed by atoms with Crippen LogP contribution in [0.2, 0.25) is 0 Å². The van der Waals surface area contributed by atoms with Crippen LogP contribution in [-0.2, 0) is 12.1 Å². The highest BCUT2D eigenvalue weighted by Crippen LogP contribution is 2.34. The Labute approximate surface area is 137 Å². The summed E-state index contributed by atoms with van der Waals surface area (Å²) in [7, 11) is 0. The monoisotopic (exact) mass is 322 g/mol. The van der Waals surface area contributed by atoms with Crippen LogP contribution >= 0.6 is 12.4 Å². The molecule has 3 rings (SSSR count). The molecular formula is C16H23ClN4O. The number of aryl methyl sites for hydroxylation is 2. The van der Waals surface area contributed by atoms with Crippen LogP contribution in [0.3, 0.4) is 0 Å². The number of hydrogen-bond donors (Lipinski definition) is 2. The highest BCUT2D eigenvalue weighted by molar-refractivity contribution is 5.85. The zero-order valence-electron chi connectivity index (χ0n) is 13.1. The summed E-state index contributed by atoms with van der Waals surface area (Å²) in [5, 5.41) is 7.45. The Balaban J connectivity index is 0.00000176. The SMILES string of the molecule is Cc1cccc(C)c1NCc1nc(C2(N)CCCC2)no1.Cl. The van der Waals surface area contributed by atoms with Gasteiger partial charge in [-0.3, -0.25) is 0 Å². The zero-order valence-corrected chi connectivity index (χ0v) is 13.9. The van der Waals surface area contributed by atoms with E-state index >= 15 is 0 Å². The zero-order chi connectivity index (χ0) is 14.9. The summed E-state index contributed by atoms with van der Waals surface area (Å²) in [6.07, 6.45) is 4.16. The minimum Gasteiger partial charge on any atom is -0.376 e. The molecule has 0 bridgehead atoms. The van der Waals surface area contributed by atoms with Gasteiger partial charge in [0.1, 0.15) is 0 Å². The Hall–Kier alpha value is -1.59. The van der Waals surface area contributed by atoms with Gasteiger partial charge < -0.3 is 15.6 Å². The number of aromatic nitrogens is 2. The number of benzene rings is 1. The van der Waals surface area contributed by atoms with Gasteiger partial charge in [-0.15, -0.1) is 12.4 Å². The number of rotatable bonds is 4. The third-order valence-electron chi connectivity index (χ3n) is 4.31. The first-order chi connectivity index (χ1) is 10.1. The summed E-state index contributed by atoms with van der Waals surface area (Å²) in [4.78, 5) is 4.47. The third-order valence-corrected chi connectivity index (χ3v) is 4.31. The summed E-state index contributed by atoms with van der Waals surface area (Å²) in [6.45, 7) is 4.69. The molecule has 1 aromatic carbocycles. The lowest BCUT2D eigenvalue weighted by Gasteiger charge is -2.17. The van der Waals surface area contributed by atoms with Crippen molar-refractivity contribution < 1.29 is 4.52 Å². The molecule has 1 aliphatic rings. The van der Waals surface area contributed by atoms with Crippen LogP contribution in [0.5, 0.6) is 0 Å². The molecular weight excluding hydrogens is 300 g/mol. The molecule has 5 nitrogen and oxygen atoms in total. The molecule has 120 valence electrons. The Morgan fingerprint density at radius 3 is 2.50 bits per heavy atom. The number of para-hydroxylation sites is 1. The Morgan fingerprint density at radius 2 is 1.86 bits per heavy atom. The minimum atomic E-state index is -0.389. The lowest BCUT2D eigenvalue weighted by Crippen LogP contribution is -2.34. The summed E-state index contributed by atoms with van der Waals surface area (Å²) in [5.74, 6) is 1.24. The summed E-state index contributed by atoms with van der Waals surface area (Å²) in [6, 6.07) is 6.23. The van der Waals surface area contributed by atoms with E-state index in [0.29, 0.717) is 18.3 Å². The molecule has 6 heteroatoms. The van der Waals surface area contributed by atoms with Gasteiger partial charge in [0.2, 0.25) is 5.89 Å². The lowest BCUT2D eigenvalue weighted by molar-refractivity contribution is 0.351. The van der Waals surface area contributed by atoms with E-state index in [1.165, 1.54) is 11.1 Å². The molecule has 0 radical (unpaired) electrons. The van der Waals surface area contributed by atoms with E-state index < -0.39 is 0 Å². The first kappa shape index (κ1) is 16.8. The topological polar surface area (TPSA) is 77.0 Å². The number of nitrogens with two attached hydrogens (primary N) is 1. The van der Waals surface area contributed by atoms with Crippen molar-refractivity contribution in [2.24, 2.45) is 5.73 Å². The van der Waals surface area contributed by atoms with Crippen LogP contribution in [0.4, 0.5) is 5.69 Å². The van der Waals surface area contributed by atoms with Crippen LogP contribution in [0.25, 0.3) is 0 Å². The molecule has 0 aliphatic heterocycles. The predicted octanol–water partition coefficient (Wildman–Crippen LogP) is 3.45. The Morgan fingerprint density at radius 1 is 1.23 bits per heavy atom. The molecule has 0 amide bonds. The van der Waals surface area contributed by atoms with Gasteiger partial charge in [0.15, 0.2) is 5.82 Å². The van der Waals surface area contributed by atoms with Crippen LogP contribution in [0.1, 0.15) is 48.5 Å². The second-order valence-corrected chi connectivity index (χ2v) is 6.00. The Kier molecular flexibility index (Phi) is 5.08. The maximum Gasteiger partial charge on any atom is 0.246 e. The summed E-state index contributed by atoms with van der Waals surface area (Å²) in [5.41, 5.74) is 9.50. The standard InChI is InChI=1S/C16H22N4O.ClH/c1-11-6-5-7-12(2)14(11)18-10-13-19-15(20-21-13)16(17)8-3-4-9-16;/h5-7,18H,3-4,8-10,17H2,1-2H3;1H. The lowest BCUT2D eigenvalue weighted by atomic mass is 9.99. The Bertz CT molecular complexity index is 615. The van der Waals surface area contributed by atoms with Crippen LogP contribution in [0, 0.1) is 13.8 Å². The molecule has 1 fully saturated rings. The van der Waals surface area contributed by atoms with E-state index in [0.717, 1.165) is 31.4 Å². The van der Waals surface area contributed by atoms with E-state index in [4.69, 9.17) is 10.3 Å². The maximum absolute atomic E-state index is 6.34. The highest BCUT2D eigenvalue weighted by Gasteiger charge is 2.35. The molecule has 0 unspecified atom stereocenters. The van der Waals surface area contributed by atoms with E-state index in [2.05, 4.69) is 47.5 Å². The molecule has 1 aliphatic carbocycles. The minimum absolute atomic E-state index is 0. The molecule has 1 heterocycles. The molecule has 1 aromatic heterocycles. The highest BCUT2D eigenvalue weighted by atomic mass is 35.5. The van der Waals surface area contributed by atoms with Crippen LogP contribution in [-0.4, -0.2) is 10.1 Å². The van der Waals surface area contributed by atoms with Crippen LogP contribution < -0.4 is 11.1 Å². The third kappa shape index (κ3) is 3.25. The average Bonchev–Trinajstić information content (AvgIpc) is 3.08. The second-order valence-electron chi connectivity index (χ2n) is 6.00. The van der Waals surface area contributed by atoms with Crippen molar-refractivity contribution in [1.82, 2.24) is 10.1 Å². The van der Waals surface area contributed by atoms with E-state index in [1.807, 2.05) is 0 Å². The quantitative estimate of drug-likeness (QED) is 0.901.